The highest BCUT2D eigenvalue weighted by molar-refractivity contribution is 14.0. The molecule has 2 heterocycles. The lowest BCUT2D eigenvalue weighted by molar-refractivity contribution is -0.130. The van der Waals surface area contributed by atoms with Gasteiger partial charge in [-0.25, -0.2) is 8.78 Å². The highest BCUT2D eigenvalue weighted by Gasteiger charge is 2.38. The van der Waals surface area contributed by atoms with Crippen LogP contribution in [0.5, 0.6) is 0 Å². The van der Waals surface area contributed by atoms with E-state index in [0.29, 0.717) is 51.6 Å². The molecule has 0 spiro atoms. The Hall–Kier alpha value is -1.20. The Morgan fingerprint density at radius 3 is 2.52 bits per heavy atom. The van der Waals surface area contributed by atoms with Gasteiger partial charge in [-0.15, -0.1) is 24.0 Å². The van der Waals surface area contributed by atoms with Gasteiger partial charge in [0.15, 0.2) is 5.96 Å². The quantitative estimate of drug-likeness (QED) is 0.369. The maximum atomic E-state index is 14.0. The van der Waals surface area contributed by atoms with Crippen LogP contribution >= 0.6 is 24.0 Å². The van der Waals surface area contributed by atoms with E-state index in [2.05, 4.69) is 15.2 Å². The number of guanidine groups is 1. The van der Waals surface area contributed by atoms with E-state index in [1.807, 2.05) is 11.8 Å². The summed E-state index contributed by atoms with van der Waals surface area (Å²) in [5, 5.41) is 12.8. The average molecular weight is 496 g/mol. The van der Waals surface area contributed by atoms with Gasteiger partial charge >= 0.3 is 0 Å². The summed E-state index contributed by atoms with van der Waals surface area (Å²) >= 11 is 0. The number of piperazine rings is 1. The number of aliphatic hydroxyl groups excluding tert-OH is 1. The van der Waals surface area contributed by atoms with E-state index in [4.69, 9.17) is 4.74 Å². The first-order valence-electron chi connectivity index (χ1n) is 8.99. The molecule has 2 saturated heterocycles. The predicted octanol–water partition coefficient (Wildman–Crippen LogP) is 1.68. The summed E-state index contributed by atoms with van der Waals surface area (Å²) in [6, 6.07) is 3.54. The Morgan fingerprint density at radius 2 is 1.96 bits per heavy atom. The lowest BCUT2D eigenvalue weighted by Crippen LogP contribution is -2.54. The minimum absolute atomic E-state index is 0. The highest BCUT2D eigenvalue weighted by atomic mass is 127. The molecule has 0 atom stereocenters. The second-order valence-electron chi connectivity index (χ2n) is 6.89. The minimum Gasteiger partial charge on any atom is -0.396 e. The monoisotopic (exact) mass is 496 g/mol. The topological polar surface area (TPSA) is 60.3 Å². The molecule has 1 aromatic carbocycles. The van der Waals surface area contributed by atoms with Crippen LogP contribution in [0.3, 0.4) is 0 Å². The smallest absolute Gasteiger partial charge is 0.194 e. The molecule has 2 N–H and O–H groups in total. The number of benzene rings is 1. The van der Waals surface area contributed by atoms with Crippen molar-refractivity contribution in [3.63, 3.8) is 0 Å². The zero-order valence-electron chi connectivity index (χ0n) is 15.5. The number of anilines is 1. The summed E-state index contributed by atoms with van der Waals surface area (Å²) in [7, 11) is 0. The second-order valence-corrected chi connectivity index (χ2v) is 6.89. The van der Waals surface area contributed by atoms with E-state index in [1.165, 1.54) is 6.07 Å². The van der Waals surface area contributed by atoms with Crippen molar-refractivity contribution < 1.29 is 18.6 Å². The van der Waals surface area contributed by atoms with Crippen molar-refractivity contribution in [2.24, 2.45) is 10.4 Å². The molecule has 0 amide bonds. The van der Waals surface area contributed by atoms with Gasteiger partial charge in [0, 0.05) is 38.8 Å². The summed E-state index contributed by atoms with van der Waals surface area (Å²) in [6.07, 6.45) is 0. The van der Waals surface area contributed by atoms with Crippen LogP contribution in [0.2, 0.25) is 0 Å². The number of aliphatic hydroxyl groups is 1. The molecular formula is C18H27F2IN4O2. The van der Waals surface area contributed by atoms with Gasteiger partial charge in [-0.2, -0.15) is 0 Å². The van der Waals surface area contributed by atoms with E-state index in [0.717, 1.165) is 24.6 Å². The van der Waals surface area contributed by atoms with Gasteiger partial charge in [0.05, 0.1) is 37.5 Å². The standard InChI is InChI=1S/C18H26F2N4O2.HI/c1-2-21-17(22-10-18(11-25)12-26-13-18)24-7-5-23(6-8-24)16-9-14(19)3-4-15(16)20;/h3-4,9,25H,2,5-8,10-13H2,1H3,(H,21,22);1H. The van der Waals surface area contributed by atoms with Gasteiger partial charge in [0.25, 0.3) is 0 Å². The molecule has 2 aliphatic heterocycles. The van der Waals surface area contributed by atoms with Crippen LogP contribution in [0.25, 0.3) is 0 Å². The van der Waals surface area contributed by atoms with Gasteiger partial charge in [-0.05, 0) is 19.1 Å². The van der Waals surface area contributed by atoms with Crippen molar-refractivity contribution >= 4 is 35.6 Å². The van der Waals surface area contributed by atoms with E-state index in [1.54, 1.807) is 0 Å². The molecule has 152 valence electrons. The first-order chi connectivity index (χ1) is 12.6. The molecule has 0 bridgehead atoms. The highest BCUT2D eigenvalue weighted by Crippen LogP contribution is 2.27. The molecule has 1 aromatic rings. The molecule has 9 heteroatoms. The van der Waals surface area contributed by atoms with E-state index < -0.39 is 11.6 Å². The van der Waals surface area contributed by atoms with Gasteiger partial charge < -0.3 is 25.0 Å². The summed E-state index contributed by atoms with van der Waals surface area (Å²) < 4.78 is 32.6. The molecule has 2 aliphatic rings. The number of ether oxygens (including phenoxy) is 1. The van der Waals surface area contributed by atoms with Crippen molar-refractivity contribution in [3.05, 3.63) is 29.8 Å². The average Bonchev–Trinajstić information content (AvgIpc) is 2.62. The fraction of sp³-hybridized carbons (Fsp3) is 0.611. The minimum atomic E-state index is -0.434. The van der Waals surface area contributed by atoms with E-state index >= 15 is 0 Å². The second kappa shape index (κ2) is 9.83. The third kappa shape index (κ3) is 5.20. The maximum absolute atomic E-state index is 14.0. The predicted molar refractivity (Wildman–Crippen MR) is 112 cm³/mol. The third-order valence-corrected chi connectivity index (χ3v) is 4.88. The first kappa shape index (κ1) is 22.1. The van der Waals surface area contributed by atoms with Gasteiger partial charge in [0.1, 0.15) is 11.6 Å². The zero-order chi connectivity index (χ0) is 18.6. The summed E-state index contributed by atoms with van der Waals surface area (Å²) in [4.78, 5) is 8.64. The fourth-order valence-corrected chi connectivity index (χ4v) is 3.18. The number of nitrogens with zero attached hydrogens (tertiary/aromatic N) is 3. The SMILES string of the molecule is CCNC(=NCC1(CO)COC1)N1CCN(c2cc(F)ccc2F)CC1.I. The van der Waals surface area contributed by atoms with Crippen LogP contribution in [0.4, 0.5) is 14.5 Å². The number of halogens is 3. The van der Waals surface area contributed by atoms with Crippen molar-refractivity contribution in [1.82, 2.24) is 10.2 Å². The Bertz CT molecular complexity index is 645. The Kier molecular flexibility index (Phi) is 8.04. The molecule has 2 fully saturated rings. The van der Waals surface area contributed by atoms with Crippen LogP contribution in [-0.2, 0) is 4.74 Å². The molecule has 6 nitrogen and oxygen atoms in total. The maximum Gasteiger partial charge on any atom is 0.194 e. The Morgan fingerprint density at radius 1 is 1.26 bits per heavy atom. The fourth-order valence-electron chi connectivity index (χ4n) is 3.18. The number of aliphatic imine (C=N–C) groups is 1. The number of nitrogens with one attached hydrogen (secondary N) is 1. The van der Waals surface area contributed by atoms with E-state index in [9.17, 15) is 13.9 Å². The van der Waals surface area contributed by atoms with Gasteiger partial charge in [0.2, 0.25) is 0 Å². The first-order valence-corrected chi connectivity index (χ1v) is 8.99. The molecule has 0 saturated carbocycles. The molecule has 0 unspecified atom stereocenters. The molecule has 3 rings (SSSR count). The van der Waals surface area contributed by atoms with Crippen LogP contribution in [0.1, 0.15) is 6.92 Å². The molecule has 27 heavy (non-hydrogen) atoms. The number of hydrogen-bond acceptors (Lipinski definition) is 4. The Labute approximate surface area is 175 Å². The number of rotatable bonds is 5. The molecule has 0 radical (unpaired) electrons. The largest absolute Gasteiger partial charge is 0.396 e. The molecule has 0 aliphatic carbocycles. The van der Waals surface area contributed by atoms with Crippen molar-refractivity contribution in [3.8, 4) is 0 Å². The van der Waals surface area contributed by atoms with Gasteiger partial charge in [-0.1, -0.05) is 0 Å². The van der Waals surface area contributed by atoms with Crippen LogP contribution in [0.15, 0.2) is 23.2 Å². The van der Waals surface area contributed by atoms with Crippen LogP contribution < -0.4 is 10.2 Å². The van der Waals surface area contributed by atoms with Crippen molar-refractivity contribution in [1.29, 1.82) is 0 Å². The van der Waals surface area contributed by atoms with Gasteiger partial charge in [-0.3, -0.25) is 4.99 Å². The van der Waals surface area contributed by atoms with Crippen LogP contribution in [-0.4, -0.2) is 75.1 Å². The van der Waals surface area contributed by atoms with E-state index in [-0.39, 0.29) is 36.0 Å². The van der Waals surface area contributed by atoms with Crippen LogP contribution in [0, 0.1) is 17.0 Å². The summed E-state index contributed by atoms with van der Waals surface area (Å²) in [5.74, 6) is -0.0577. The molecular weight excluding hydrogens is 469 g/mol. The zero-order valence-corrected chi connectivity index (χ0v) is 17.8. The third-order valence-electron chi connectivity index (χ3n) is 4.88. The Balaban J connectivity index is 0.00000261. The number of hydrogen-bond donors (Lipinski definition) is 2. The summed E-state index contributed by atoms with van der Waals surface area (Å²) in [6.45, 7) is 6.83. The normalized spacial score (nSPS) is 19.3. The van der Waals surface area contributed by atoms with Crippen molar-refractivity contribution in [2.75, 3.05) is 64.0 Å². The van der Waals surface area contributed by atoms with Crippen molar-refractivity contribution in [2.45, 2.75) is 6.92 Å². The molecule has 0 aromatic heterocycles. The lowest BCUT2D eigenvalue weighted by Gasteiger charge is -2.40. The summed E-state index contributed by atoms with van der Waals surface area (Å²) in [5.41, 5.74) is 0.0325. The lowest BCUT2D eigenvalue weighted by atomic mass is 9.87.